The fraction of sp³-hybridized carbons (Fsp3) is 0.400. The van der Waals surface area contributed by atoms with Gasteiger partial charge in [0.1, 0.15) is 5.82 Å². The Morgan fingerprint density at radius 3 is 3.00 bits per heavy atom. The molecule has 1 aromatic carbocycles. The number of benzene rings is 1. The van der Waals surface area contributed by atoms with Crippen LogP contribution in [0.1, 0.15) is 17.8 Å². The number of H-pyrrole nitrogens is 1. The number of hydrogen-bond acceptors (Lipinski definition) is 2. The predicted molar refractivity (Wildman–Crippen MR) is 73.4 cm³/mol. The second-order valence-electron chi connectivity index (χ2n) is 5.12. The minimum atomic E-state index is 0.737. The van der Waals surface area contributed by atoms with Crippen LogP contribution >= 0.6 is 0 Å². The summed E-state index contributed by atoms with van der Waals surface area (Å²) in [5, 5.41) is 3.40. The molecule has 1 saturated heterocycles. The number of aryl methyl sites for hydroxylation is 1. The van der Waals surface area contributed by atoms with Gasteiger partial charge in [0.25, 0.3) is 0 Å². The van der Waals surface area contributed by atoms with E-state index in [1.807, 2.05) is 6.20 Å². The molecule has 0 spiro atoms. The molecule has 0 saturated carbocycles. The molecule has 2 aromatic rings. The van der Waals surface area contributed by atoms with E-state index >= 15 is 0 Å². The molecule has 0 radical (unpaired) electrons. The normalized spacial score (nSPS) is 19.3. The van der Waals surface area contributed by atoms with Gasteiger partial charge in [-0.25, -0.2) is 4.98 Å². The molecule has 1 aliphatic heterocycles. The lowest BCUT2D eigenvalue weighted by atomic mass is 10.0. The molecule has 2 heterocycles. The van der Waals surface area contributed by atoms with E-state index in [9.17, 15) is 0 Å². The second kappa shape index (κ2) is 4.94. The molecule has 3 nitrogen and oxygen atoms in total. The first kappa shape index (κ1) is 11.5. The van der Waals surface area contributed by atoms with Gasteiger partial charge in [-0.3, -0.25) is 0 Å². The molecular formula is C15H19N3. The molecule has 0 bridgehead atoms. The van der Waals surface area contributed by atoms with E-state index in [0.29, 0.717) is 0 Å². The summed E-state index contributed by atoms with van der Waals surface area (Å²) in [6, 6.07) is 8.42. The van der Waals surface area contributed by atoms with Crippen molar-refractivity contribution >= 4 is 0 Å². The van der Waals surface area contributed by atoms with Gasteiger partial charge in [0.15, 0.2) is 0 Å². The summed E-state index contributed by atoms with van der Waals surface area (Å²) >= 11 is 0. The number of rotatable bonds is 3. The van der Waals surface area contributed by atoms with E-state index in [0.717, 1.165) is 36.9 Å². The molecule has 1 atom stereocenters. The maximum absolute atomic E-state index is 4.51. The summed E-state index contributed by atoms with van der Waals surface area (Å²) < 4.78 is 0. The fourth-order valence-corrected chi connectivity index (χ4v) is 2.64. The predicted octanol–water partition coefficient (Wildman–Crippen LogP) is 2.54. The largest absolute Gasteiger partial charge is 0.342 e. The van der Waals surface area contributed by atoms with Gasteiger partial charge in [-0.05, 0) is 37.9 Å². The molecule has 1 fully saturated rings. The van der Waals surface area contributed by atoms with Crippen LogP contribution in [0.4, 0.5) is 0 Å². The smallest absolute Gasteiger partial charge is 0.106 e. The zero-order valence-corrected chi connectivity index (χ0v) is 10.7. The Balaban J connectivity index is 1.79. The minimum Gasteiger partial charge on any atom is -0.342 e. The van der Waals surface area contributed by atoms with Crippen molar-refractivity contribution in [2.75, 3.05) is 13.1 Å². The van der Waals surface area contributed by atoms with Gasteiger partial charge in [0, 0.05) is 12.0 Å². The van der Waals surface area contributed by atoms with Crippen molar-refractivity contribution in [2.24, 2.45) is 5.92 Å². The van der Waals surface area contributed by atoms with Crippen molar-refractivity contribution in [1.82, 2.24) is 15.3 Å². The second-order valence-corrected chi connectivity index (χ2v) is 5.12. The van der Waals surface area contributed by atoms with Crippen molar-refractivity contribution in [2.45, 2.75) is 19.8 Å². The van der Waals surface area contributed by atoms with Gasteiger partial charge in [-0.1, -0.05) is 24.3 Å². The summed E-state index contributed by atoms with van der Waals surface area (Å²) in [5.41, 5.74) is 3.67. The highest BCUT2D eigenvalue weighted by atomic mass is 14.9. The van der Waals surface area contributed by atoms with E-state index in [2.05, 4.69) is 46.5 Å². The zero-order chi connectivity index (χ0) is 12.4. The first-order chi connectivity index (χ1) is 8.83. The number of imidazole rings is 1. The highest BCUT2D eigenvalue weighted by molar-refractivity contribution is 5.62. The summed E-state index contributed by atoms with van der Waals surface area (Å²) in [6.07, 6.45) is 4.28. The van der Waals surface area contributed by atoms with Gasteiger partial charge in [0.2, 0.25) is 0 Å². The van der Waals surface area contributed by atoms with Crippen LogP contribution in [0.5, 0.6) is 0 Å². The van der Waals surface area contributed by atoms with Crippen molar-refractivity contribution in [3.05, 3.63) is 41.9 Å². The molecule has 1 aromatic heterocycles. The fourth-order valence-electron chi connectivity index (χ4n) is 2.64. The molecule has 1 unspecified atom stereocenters. The van der Waals surface area contributed by atoms with Gasteiger partial charge >= 0.3 is 0 Å². The Kier molecular flexibility index (Phi) is 3.15. The molecule has 18 heavy (non-hydrogen) atoms. The number of hydrogen-bond donors (Lipinski definition) is 2. The molecule has 2 N–H and O–H groups in total. The third-order valence-electron chi connectivity index (χ3n) is 3.71. The van der Waals surface area contributed by atoms with Crippen LogP contribution < -0.4 is 5.32 Å². The average Bonchev–Trinajstić information content (AvgIpc) is 3.02. The van der Waals surface area contributed by atoms with E-state index in [1.165, 1.54) is 17.5 Å². The van der Waals surface area contributed by atoms with Gasteiger partial charge in [0.05, 0.1) is 11.9 Å². The number of aromatic amines is 1. The first-order valence-corrected chi connectivity index (χ1v) is 6.63. The van der Waals surface area contributed by atoms with Crippen LogP contribution in [0.15, 0.2) is 30.5 Å². The Hall–Kier alpha value is -1.61. The van der Waals surface area contributed by atoms with Crippen molar-refractivity contribution < 1.29 is 0 Å². The maximum atomic E-state index is 4.51. The average molecular weight is 241 g/mol. The van der Waals surface area contributed by atoms with Gasteiger partial charge in [-0.2, -0.15) is 0 Å². The monoisotopic (exact) mass is 241 g/mol. The minimum absolute atomic E-state index is 0.737. The molecule has 0 amide bonds. The lowest BCUT2D eigenvalue weighted by molar-refractivity contribution is 0.565. The molecule has 3 rings (SSSR count). The van der Waals surface area contributed by atoms with E-state index in [-0.39, 0.29) is 0 Å². The lowest BCUT2D eigenvalue weighted by Gasteiger charge is -2.05. The van der Waals surface area contributed by atoms with Crippen LogP contribution in [0.3, 0.4) is 0 Å². The van der Waals surface area contributed by atoms with Crippen molar-refractivity contribution in [1.29, 1.82) is 0 Å². The summed E-state index contributed by atoms with van der Waals surface area (Å²) in [6.45, 7) is 4.41. The SMILES string of the molecule is Cc1ccccc1-c1cnc(CC2CCNC2)[nH]1. The number of nitrogens with zero attached hydrogens (tertiary/aromatic N) is 1. The maximum Gasteiger partial charge on any atom is 0.106 e. The first-order valence-electron chi connectivity index (χ1n) is 6.63. The summed E-state index contributed by atoms with van der Waals surface area (Å²) in [4.78, 5) is 7.97. The van der Waals surface area contributed by atoms with Crippen LogP contribution in [0.25, 0.3) is 11.3 Å². The number of nitrogens with one attached hydrogen (secondary N) is 2. The number of aromatic nitrogens is 2. The molecule has 0 aliphatic carbocycles. The van der Waals surface area contributed by atoms with Crippen LogP contribution in [0.2, 0.25) is 0 Å². The molecule has 3 heteroatoms. The Bertz CT molecular complexity index is 524. The van der Waals surface area contributed by atoms with Crippen LogP contribution in [-0.4, -0.2) is 23.1 Å². The highest BCUT2D eigenvalue weighted by Gasteiger charge is 2.16. The Labute approximate surface area is 108 Å². The highest BCUT2D eigenvalue weighted by Crippen LogP contribution is 2.22. The third kappa shape index (κ3) is 2.31. The third-order valence-corrected chi connectivity index (χ3v) is 3.71. The lowest BCUT2D eigenvalue weighted by Crippen LogP contribution is -2.11. The van der Waals surface area contributed by atoms with Gasteiger partial charge in [-0.15, -0.1) is 0 Å². The Morgan fingerprint density at radius 1 is 1.33 bits per heavy atom. The van der Waals surface area contributed by atoms with E-state index in [1.54, 1.807) is 0 Å². The van der Waals surface area contributed by atoms with Gasteiger partial charge < -0.3 is 10.3 Å². The van der Waals surface area contributed by atoms with Crippen LogP contribution in [-0.2, 0) is 6.42 Å². The standard InChI is InChI=1S/C15H19N3/c1-11-4-2-3-5-13(11)14-10-17-15(18-14)8-12-6-7-16-9-12/h2-5,10,12,16H,6-9H2,1H3,(H,17,18). The topological polar surface area (TPSA) is 40.7 Å². The quantitative estimate of drug-likeness (QED) is 0.867. The van der Waals surface area contributed by atoms with Crippen LogP contribution in [0, 0.1) is 12.8 Å². The molecule has 94 valence electrons. The van der Waals surface area contributed by atoms with E-state index in [4.69, 9.17) is 0 Å². The van der Waals surface area contributed by atoms with E-state index < -0.39 is 0 Å². The van der Waals surface area contributed by atoms with Crippen molar-refractivity contribution in [3.63, 3.8) is 0 Å². The van der Waals surface area contributed by atoms with Crippen molar-refractivity contribution in [3.8, 4) is 11.3 Å². The summed E-state index contributed by atoms with van der Waals surface area (Å²) in [7, 11) is 0. The zero-order valence-electron chi connectivity index (χ0n) is 10.7. The molecular weight excluding hydrogens is 222 g/mol. The summed E-state index contributed by atoms with van der Waals surface area (Å²) in [5.74, 6) is 1.85. The molecule has 1 aliphatic rings. The Morgan fingerprint density at radius 2 is 2.22 bits per heavy atom.